The highest BCUT2D eigenvalue weighted by atomic mass is 32.1. The molecule has 1 aliphatic heterocycles. The molecule has 0 bridgehead atoms. The number of piperidine rings is 1. The van der Waals surface area contributed by atoms with Gasteiger partial charge in [-0.05, 0) is 50.2 Å². The molecule has 17 heteroatoms. The van der Waals surface area contributed by atoms with Gasteiger partial charge in [0.1, 0.15) is 23.1 Å². The lowest BCUT2D eigenvalue weighted by Gasteiger charge is -2.32. The number of rotatable bonds is 9. The van der Waals surface area contributed by atoms with E-state index in [1.807, 2.05) is 0 Å². The van der Waals surface area contributed by atoms with Crippen molar-refractivity contribution in [2.45, 2.75) is 45.0 Å². The fraction of sp³-hybridized carbons (Fsp3) is 0.370. The molecule has 0 amide bonds. The molecule has 1 fully saturated rings. The van der Waals surface area contributed by atoms with Gasteiger partial charge in [-0.3, -0.25) is 14.4 Å². The number of aromatic amines is 1. The van der Waals surface area contributed by atoms with Crippen LogP contribution in [0.1, 0.15) is 29.0 Å². The summed E-state index contributed by atoms with van der Waals surface area (Å²) in [6.07, 6.45) is -8.98. The van der Waals surface area contributed by atoms with Crippen LogP contribution in [0.25, 0.3) is 22.0 Å². The second-order valence-corrected chi connectivity index (χ2v) is 10.9. The number of H-pyrrole nitrogens is 1. The van der Waals surface area contributed by atoms with E-state index < -0.39 is 36.2 Å². The zero-order valence-electron chi connectivity index (χ0n) is 22.3. The Bertz CT molecular complexity index is 1620. The van der Waals surface area contributed by atoms with E-state index in [1.54, 1.807) is 4.90 Å². The van der Waals surface area contributed by atoms with Gasteiger partial charge in [0.15, 0.2) is 5.82 Å². The molecule has 0 atom stereocenters. The molecule has 2 aromatic carbocycles. The summed E-state index contributed by atoms with van der Waals surface area (Å²) in [5, 5.41) is 3.83. The molecule has 0 unspecified atom stereocenters. The summed E-state index contributed by atoms with van der Waals surface area (Å²) in [7, 11) is 0. The third-order valence-electron chi connectivity index (χ3n) is 6.90. The van der Waals surface area contributed by atoms with Crippen LogP contribution in [0.3, 0.4) is 0 Å². The number of alkyl halides is 8. The van der Waals surface area contributed by atoms with Crippen molar-refractivity contribution >= 4 is 11.3 Å². The molecule has 44 heavy (non-hydrogen) atoms. The molecule has 5 rings (SSSR count). The summed E-state index contributed by atoms with van der Waals surface area (Å²) in [6.45, 7) is -2.88. The van der Waals surface area contributed by atoms with E-state index >= 15 is 0 Å². The maximum absolute atomic E-state index is 13.1. The monoisotopic (exact) mass is 650 g/mol. The van der Waals surface area contributed by atoms with Gasteiger partial charge in [0.2, 0.25) is 0 Å². The topological polar surface area (TPSA) is 93.5 Å². The molecule has 1 saturated heterocycles. The summed E-state index contributed by atoms with van der Waals surface area (Å²) < 4.78 is 120. The number of benzene rings is 2. The van der Waals surface area contributed by atoms with Crippen LogP contribution < -0.4 is 15.2 Å². The Morgan fingerprint density at radius 3 is 2.34 bits per heavy atom. The van der Waals surface area contributed by atoms with E-state index in [-0.39, 0.29) is 62.0 Å². The summed E-state index contributed by atoms with van der Waals surface area (Å²) in [6, 6.07) is 8.24. The smallest absolute Gasteiger partial charge is 0.439 e. The Balaban J connectivity index is 1.39. The number of aromatic nitrogens is 3. The zero-order valence-corrected chi connectivity index (χ0v) is 23.2. The number of thiazole rings is 1. The Labute approximate surface area is 247 Å². The lowest BCUT2D eigenvalue weighted by atomic mass is 9.96. The minimum atomic E-state index is -4.53. The van der Waals surface area contributed by atoms with Crippen LogP contribution in [0.15, 0.2) is 51.8 Å². The van der Waals surface area contributed by atoms with Gasteiger partial charge in [0.05, 0.1) is 27.6 Å². The van der Waals surface area contributed by atoms with Crippen LogP contribution in [0.5, 0.6) is 11.5 Å². The molecule has 4 aromatic rings. The molecule has 0 spiro atoms. The number of hydrogen-bond acceptors (Lipinski definition) is 8. The second-order valence-electron chi connectivity index (χ2n) is 9.82. The Kier molecular flexibility index (Phi) is 8.97. The number of nitrogens with zero attached hydrogens (tertiary/aromatic N) is 3. The lowest BCUT2D eigenvalue weighted by molar-refractivity contribution is -0.185. The number of nitrogens with one attached hydrogen (secondary N) is 1. The number of hydrogen-bond donors (Lipinski definition) is 1. The molecule has 1 aliphatic rings. The summed E-state index contributed by atoms with van der Waals surface area (Å²) in [5.41, 5.74) is 0.00368. The first-order valence-corrected chi connectivity index (χ1v) is 13.8. The average Bonchev–Trinajstić information content (AvgIpc) is 3.57. The summed E-state index contributed by atoms with van der Waals surface area (Å²) in [4.78, 5) is 20.5. The van der Waals surface area contributed by atoms with E-state index in [9.17, 15) is 39.9 Å². The second kappa shape index (κ2) is 12.6. The van der Waals surface area contributed by atoms with E-state index in [1.165, 1.54) is 24.3 Å². The standard InChI is InChI=1S/C27H22F8N4O4S/c28-24(29)42-20-11-17(5-6-18(20)22-37-25(40)43-38-22)41-13-21-19(12-39-9-7-16(8-10-39)27(33,34)35)36-23(44-21)14-1-3-15(4-2-14)26(30,31)32/h1-6,11,16,24H,7-10,12-13H2,(H,37,38,40). The highest BCUT2D eigenvalue weighted by Crippen LogP contribution is 2.37. The Morgan fingerprint density at radius 2 is 1.75 bits per heavy atom. The van der Waals surface area contributed by atoms with Crippen molar-refractivity contribution in [3.63, 3.8) is 0 Å². The van der Waals surface area contributed by atoms with Crippen LogP contribution in [0, 0.1) is 5.92 Å². The van der Waals surface area contributed by atoms with E-state index in [2.05, 4.69) is 24.4 Å². The van der Waals surface area contributed by atoms with Crippen molar-refractivity contribution in [2.24, 2.45) is 5.92 Å². The molecule has 236 valence electrons. The number of ether oxygens (including phenoxy) is 2. The van der Waals surface area contributed by atoms with Gasteiger partial charge in [0, 0.05) is 18.2 Å². The van der Waals surface area contributed by atoms with Crippen molar-refractivity contribution < 1.29 is 49.1 Å². The van der Waals surface area contributed by atoms with Gasteiger partial charge < -0.3 is 9.47 Å². The largest absolute Gasteiger partial charge is 0.488 e. The van der Waals surface area contributed by atoms with Crippen molar-refractivity contribution in [3.05, 3.63) is 69.1 Å². The molecule has 1 N–H and O–H groups in total. The molecule has 0 aliphatic carbocycles. The van der Waals surface area contributed by atoms with Gasteiger partial charge in [-0.25, -0.2) is 9.78 Å². The van der Waals surface area contributed by atoms with E-state index in [0.717, 1.165) is 29.5 Å². The SMILES string of the molecule is O=c1[nH]c(-c2ccc(OCc3sc(-c4ccc(C(F)(F)F)cc4)nc3CN3CCC(C(F)(F)F)CC3)cc2OC(F)F)no1. The first kappa shape index (κ1) is 31.4. The van der Waals surface area contributed by atoms with Crippen LogP contribution >= 0.6 is 11.3 Å². The fourth-order valence-corrected chi connectivity index (χ4v) is 5.64. The third-order valence-corrected chi connectivity index (χ3v) is 8.02. The van der Waals surface area contributed by atoms with Crippen LogP contribution in [0.2, 0.25) is 0 Å². The normalized spacial score (nSPS) is 15.2. The molecule has 3 heterocycles. The molecular weight excluding hydrogens is 628 g/mol. The van der Waals surface area contributed by atoms with Gasteiger partial charge in [-0.1, -0.05) is 17.3 Å². The van der Waals surface area contributed by atoms with E-state index in [4.69, 9.17) is 4.74 Å². The van der Waals surface area contributed by atoms with Gasteiger partial charge in [-0.2, -0.15) is 35.1 Å². The van der Waals surface area contributed by atoms with Crippen molar-refractivity contribution in [1.82, 2.24) is 20.0 Å². The lowest BCUT2D eigenvalue weighted by Crippen LogP contribution is -2.38. The Hall–Kier alpha value is -3.99. The first-order chi connectivity index (χ1) is 20.8. The molecule has 2 aromatic heterocycles. The third kappa shape index (κ3) is 7.56. The molecular formula is C27H22F8N4O4S. The van der Waals surface area contributed by atoms with Gasteiger partial charge >= 0.3 is 24.7 Å². The predicted octanol–water partition coefficient (Wildman–Crippen LogP) is 7.13. The average molecular weight is 651 g/mol. The number of halogens is 8. The number of likely N-dealkylation sites (tertiary alicyclic amines) is 1. The van der Waals surface area contributed by atoms with Crippen LogP contribution in [-0.4, -0.2) is 45.9 Å². The van der Waals surface area contributed by atoms with Crippen molar-refractivity contribution in [3.8, 4) is 33.5 Å². The highest BCUT2D eigenvalue weighted by Gasteiger charge is 2.41. The summed E-state index contributed by atoms with van der Waals surface area (Å²) >= 11 is 1.12. The molecule has 0 saturated carbocycles. The van der Waals surface area contributed by atoms with Crippen LogP contribution in [-0.2, 0) is 19.3 Å². The van der Waals surface area contributed by atoms with Crippen LogP contribution in [0.4, 0.5) is 35.1 Å². The molecule has 8 nitrogen and oxygen atoms in total. The minimum absolute atomic E-state index is 0.00571. The zero-order chi connectivity index (χ0) is 31.6. The quantitative estimate of drug-likeness (QED) is 0.193. The molecule has 0 radical (unpaired) electrons. The van der Waals surface area contributed by atoms with Gasteiger partial charge in [0.25, 0.3) is 0 Å². The highest BCUT2D eigenvalue weighted by molar-refractivity contribution is 7.15. The van der Waals surface area contributed by atoms with E-state index in [0.29, 0.717) is 21.1 Å². The maximum Gasteiger partial charge on any atom is 0.439 e. The van der Waals surface area contributed by atoms with Gasteiger partial charge in [-0.15, -0.1) is 11.3 Å². The first-order valence-electron chi connectivity index (χ1n) is 13.0. The Morgan fingerprint density at radius 1 is 1.05 bits per heavy atom. The van der Waals surface area contributed by atoms with Crippen molar-refractivity contribution in [2.75, 3.05) is 13.1 Å². The maximum atomic E-state index is 13.1. The fourth-order valence-electron chi connectivity index (χ4n) is 4.65. The minimum Gasteiger partial charge on any atom is -0.488 e. The predicted molar refractivity (Wildman–Crippen MR) is 140 cm³/mol. The summed E-state index contributed by atoms with van der Waals surface area (Å²) in [5.74, 6) is -2.76. The van der Waals surface area contributed by atoms with Crippen molar-refractivity contribution in [1.29, 1.82) is 0 Å².